The number of rotatable bonds is 6. The van der Waals surface area contributed by atoms with Gasteiger partial charge in [-0.05, 0) is 31.0 Å². The lowest BCUT2D eigenvalue weighted by Crippen LogP contribution is -2.18. The molecular formula is C14H19NO4S. The van der Waals surface area contributed by atoms with E-state index in [0.29, 0.717) is 24.3 Å². The Kier molecular flexibility index (Phi) is 6.52. The van der Waals surface area contributed by atoms with Crippen molar-refractivity contribution in [2.24, 2.45) is 0 Å². The van der Waals surface area contributed by atoms with Gasteiger partial charge in [-0.15, -0.1) is 0 Å². The highest BCUT2D eigenvalue weighted by Crippen LogP contribution is 2.18. The molecule has 0 heterocycles. The topological polar surface area (TPSA) is 75.6 Å². The lowest BCUT2D eigenvalue weighted by molar-refractivity contribution is 0.199. The van der Waals surface area contributed by atoms with Crippen LogP contribution >= 0.6 is 0 Å². The van der Waals surface area contributed by atoms with Crippen molar-refractivity contribution in [1.82, 2.24) is 0 Å². The Morgan fingerprint density at radius 1 is 1.40 bits per heavy atom. The average molecular weight is 297 g/mol. The SMILES string of the molecule is COCCCS(=O)(=O)Nc1cc(C#CCO)ccc1C. The van der Waals surface area contributed by atoms with Crippen molar-refractivity contribution in [1.29, 1.82) is 0 Å². The summed E-state index contributed by atoms with van der Waals surface area (Å²) in [5, 5.41) is 8.66. The molecule has 0 unspecified atom stereocenters. The molecule has 6 heteroatoms. The predicted octanol–water partition coefficient (Wildman–Crippen LogP) is 1.12. The van der Waals surface area contributed by atoms with Gasteiger partial charge in [-0.25, -0.2) is 8.42 Å². The van der Waals surface area contributed by atoms with Crippen LogP contribution in [-0.2, 0) is 14.8 Å². The van der Waals surface area contributed by atoms with E-state index in [2.05, 4.69) is 16.6 Å². The van der Waals surface area contributed by atoms with E-state index >= 15 is 0 Å². The van der Waals surface area contributed by atoms with Gasteiger partial charge in [-0.3, -0.25) is 4.72 Å². The van der Waals surface area contributed by atoms with Crippen molar-refractivity contribution in [3.05, 3.63) is 29.3 Å². The molecule has 0 aliphatic carbocycles. The van der Waals surface area contributed by atoms with Gasteiger partial charge in [0.1, 0.15) is 6.61 Å². The molecule has 0 spiro atoms. The van der Waals surface area contributed by atoms with E-state index in [1.165, 1.54) is 7.11 Å². The van der Waals surface area contributed by atoms with Crippen molar-refractivity contribution < 1.29 is 18.3 Å². The molecule has 1 rings (SSSR count). The molecule has 1 aromatic carbocycles. The van der Waals surface area contributed by atoms with Crippen LogP contribution in [0.1, 0.15) is 17.5 Å². The summed E-state index contributed by atoms with van der Waals surface area (Å²) in [4.78, 5) is 0. The summed E-state index contributed by atoms with van der Waals surface area (Å²) >= 11 is 0. The maximum atomic E-state index is 11.9. The molecule has 0 aromatic heterocycles. The van der Waals surface area contributed by atoms with E-state index in [-0.39, 0.29) is 12.4 Å². The minimum absolute atomic E-state index is 0.00677. The number of ether oxygens (including phenoxy) is 1. The highest BCUT2D eigenvalue weighted by atomic mass is 32.2. The predicted molar refractivity (Wildman–Crippen MR) is 79.0 cm³/mol. The van der Waals surface area contributed by atoms with Crippen molar-refractivity contribution in [2.45, 2.75) is 13.3 Å². The molecule has 2 N–H and O–H groups in total. The number of aliphatic hydroxyl groups is 1. The summed E-state index contributed by atoms with van der Waals surface area (Å²) in [7, 11) is -1.86. The molecule has 0 saturated carbocycles. The molecule has 1 aromatic rings. The van der Waals surface area contributed by atoms with Gasteiger partial charge in [0, 0.05) is 19.3 Å². The van der Waals surface area contributed by atoms with Crippen LogP contribution in [0.3, 0.4) is 0 Å². The van der Waals surface area contributed by atoms with Gasteiger partial charge in [0.2, 0.25) is 10.0 Å². The Hall–Kier alpha value is -1.55. The molecule has 0 aliphatic heterocycles. The second kappa shape index (κ2) is 7.90. The highest BCUT2D eigenvalue weighted by Gasteiger charge is 2.11. The fraction of sp³-hybridized carbons (Fsp3) is 0.429. The second-order valence-corrected chi connectivity index (χ2v) is 6.10. The van der Waals surface area contributed by atoms with Crippen LogP contribution in [0.25, 0.3) is 0 Å². The molecule has 0 radical (unpaired) electrons. The van der Waals surface area contributed by atoms with E-state index in [9.17, 15) is 8.42 Å². The number of hydrogen-bond acceptors (Lipinski definition) is 4. The van der Waals surface area contributed by atoms with Crippen molar-refractivity contribution in [2.75, 3.05) is 30.8 Å². The molecule has 0 saturated heterocycles. The monoisotopic (exact) mass is 297 g/mol. The number of anilines is 1. The normalized spacial score (nSPS) is 10.8. The Morgan fingerprint density at radius 2 is 2.15 bits per heavy atom. The Labute approximate surface area is 120 Å². The van der Waals surface area contributed by atoms with Crippen LogP contribution < -0.4 is 4.72 Å². The third-order valence-corrected chi connectivity index (χ3v) is 3.93. The summed E-state index contributed by atoms with van der Waals surface area (Å²) in [5.41, 5.74) is 1.97. The van der Waals surface area contributed by atoms with Crippen molar-refractivity contribution in [3.63, 3.8) is 0 Å². The minimum atomic E-state index is -3.39. The van der Waals surface area contributed by atoms with Crippen LogP contribution in [0.4, 0.5) is 5.69 Å². The van der Waals surface area contributed by atoms with Crippen LogP contribution in [0, 0.1) is 18.8 Å². The fourth-order valence-corrected chi connectivity index (χ4v) is 2.72. The molecule has 110 valence electrons. The molecule has 20 heavy (non-hydrogen) atoms. The number of nitrogens with one attached hydrogen (secondary N) is 1. The van der Waals surface area contributed by atoms with E-state index in [0.717, 1.165) is 5.56 Å². The first-order chi connectivity index (χ1) is 9.48. The highest BCUT2D eigenvalue weighted by molar-refractivity contribution is 7.92. The third-order valence-electron chi connectivity index (χ3n) is 2.58. The van der Waals surface area contributed by atoms with Gasteiger partial charge in [-0.2, -0.15) is 0 Å². The molecular weight excluding hydrogens is 278 g/mol. The molecule has 0 amide bonds. The number of aryl methyl sites for hydroxylation is 1. The molecule has 0 atom stereocenters. The lowest BCUT2D eigenvalue weighted by atomic mass is 10.1. The summed E-state index contributed by atoms with van der Waals surface area (Å²) < 4.78 is 31.2. The first-order valence-corrected chi connectivity index (χ1v) is 7.83. The van der Waals surface area contributed by atoms with Crippen LogP contribution in [0.5, 0.6) is 0 Å². The van der Waals surface area contributed by atoms with Gasteiger partial charge in [-0.1, -0.05) is 17.9 Å². The number of methoxy groups -OCH3 is 1. The number of sulfonamides is 1. The Balaban J connectivity index is 2.85. The molecule has 5 nitrogen and oxygen atoms in total. The largest absolute Gasteiger partial charge is 0.385 e. The number of benzene rings is 1. The molecule has 0 bridgehead atoms. The van der Waals surface area contributed by atoms with Gasteiger partial charge in [0.15, 0.2) is 0 Å². The second-order valence-electron chi connectivity index (χ2n) is 4.26. The smallest absolute Gasteiger partial charge is 0.232 e. The van der Waals surface area contributed by atoms with Gasteiger partial charge < -0.3 is 9.84 Å². The Morgan fingerprint density at radius 3 is 2.80 bits per heavy atom. The summed E-state index contributed by atoms with van der Waals surface area (Å²) in [5.74, 6) is 5.28. The van der Waals surface area contributed by atoms with Crippen molar-refractivity contribution in [3.8, 4) is 11.8 Å². The van der Waals surface area contributed by atoms with Gasteiger partial charge in [0.05, 0.1) is 11.4 Å². The van der Waals surface area contributed by atoms with E-state index in [1.807, 2.05) is 6.92 Å². The third kappa shape index (κ3) is 5.61. The zero-order chi connectivity index (χ0) is 15.0. The number of aliphatic hydroxyl groups excluding tert-OH is 1. The fourth-order valence-electron chi connectivity index (χ4n) is 1.56. The maximum Gasteiger partial charge on any atom is 0.232 e. The van der Waals surface area contributed by atoms with Gasteiger partial charge >= 0.3 is 0 Å². The quantitative estimate of drug-likeness (QED) is 0.609. The summed E-state index contributed by atoms with van der Waals surface area (Å²) in [6, 6.07) is 5.22. The van der Waals surface area contributed by atoms with Crippen LogP contribution in [0.2, 0.25) is 0 Å². The number of hydrogen-bond donors (Lipinski definition) is 2. The lowest BCUT2D eigenvalue weighted by Gasteiger charge is -2.10. The summed E-state index contributed by atoms with van der Waals surface area (Å²) in [6.45, 7) is 1.99. The van der Waals surface area contributed by atoms with E-state index in [4.69, 9.17) is 9.84 Å². The Bertz CT molecular complexity index is 599. The maximum absolute atomic E-state index is 11.9. The van der Waals surface area contributed by atoms with Crippen LogP contribution in [-0.4, -0.2) is 39.6 Å². The molecule has 0 aliphatic rings. The molecule has 0 fully saturated rings. The van der Waals surface area contributed by atoms with Crippen LogP contribution in [0.15, 0.2) is 18.2 Å². The summed E-state index contributed by atoms with van der Waals surface area (Å²) in [6.07, 6.45) is 0.439. The van der Waals surface area contributed by atoms with E-state index < -0.39 is 10.0 Å². The average Bonchev–Trinajstić information content (AvgIpc) is 2.39. The zero-order valence-corrected chi connectivity index (χ0v) is 12.5. The van der Waals surface area contributed by atoms with Gasteiger partial charge in [0.25, 0.3) is 0 Å². The first-order valence-electron chi connectivity index (χ1n) is 6.18. The standard InChI is InChI=1S/C14H19NO4S/c1-12-6-7-13(5-3-8-16)11-14(12)15-20(17,18)10-4-9-19-2/h6-7,11,15-16H,4,8-10H2,1-2H3. The zero-order valence-electron chi connectivity index (χ0n) is 11.6. The minimum Gasteiger partial charge on any atom is -0.385 e. The van der Waals surface area contributed by atoms with Crippen molar-refractivity contribution >= 4 is 15.7 Å². The van der Waals surface area contributed by atoms with E-state index in [1.54, 1.807) is 18.2 Å². The first kappa shape index (κ1) is 16.5.